The first-order chi connectivity index (χ1) is 11.1. The van der Waals surface area contributed by atoms with E-state index in [4.69, 9.17) is 0 Å². The zero-order valence-corrected chi connectivity index (χ0v) is 13.7. The Morgan fingerprint density at radius 2 is 2.00 bits per heavy atom. The predicted molar refractivity (Wildman–Crippen MR) is 92.6 cm³/mol. The Kier molecular flexibility index (Phi) is 4.15. The number of fused-ring (bicyclic) bond motifs is 1. The van der Waals surface area contributed by atoms with Crippen LogP contribution in [0.1, 0.15) is 34.5 Å². The Hall–Kier alpha value is -2.62. The quantitative estimate of drug-likeness (QED) is 0.803. The van der Waals surface area contributed by atoms with E-state index in [1.165, 1.54) is 5.56 Å². The number of carbonyl (C=O) groups is 1. The van der Waals surface area contributed by atoms with Crippen LogP contribution in [-0.2, 0) is 7.05 Å². The van der Waals surface area contributed by atoms with Crippen molar-refractivity contribution in [2.45, 2.75) is 19.8 Å². The Morgan fingerprint density at radius 1 is 1.26 bits per heavy atom. The maximum absolute atomic E-state index is 12.4. The number of nitrogens with one attached hydrogen (secondary N) is 1. The number of aromatic nitrogens is 2. The van der Waals surface area contributed by atoms with Crippen molar-refractivity contribution in [3.63, 3.8) is 0 Å². The van der Waals surface area contributed by atoms with Crippen molar-refractivity contribution in [2.24, 2.45) is 7.05 Å². The summed E-state index contributed by atoms with van der Waals surface area (Å²) in [6.07, 6.45) is 1.64. The van der Waals surface area contributed by atoms with Gasteiger partial charge in [-0.05, 0) is 30.5 Å². The van der Waals surface area contributed by atoms with Crippen LogP contribution in [0.5, 0.6) is 0 Å². The van der Waals surface area contributed by atoms with Crippen molar-refractivity contribution in [1.29, 1.82) is 0 Å². The van der Waals surface area contributed by atoms with Crippen LogP contribution in [0.4, 0.5) is 0 Å². The Morgan fingerprint density at radius 3 is 2.74 bits per heavy atom. The van der Waals surface area contributed by atoms with Crippen LogP contribution in [0.3, 0.4) is 0 Å². The van der Waals surface area contributed by atoms with Gasteiger partial charge in [-0.25, -0.2) is 4.98 Å². The minimum atomic E-state index is -0.0799. The van der Waals surface area contributed by atoms with Gasteiger partial charge in [-0.2, -0.15) is 0 Å². The molecule has 0 saturated heterocycles. The van der Waals surface area contributed by atoms with Gasteiger partial charge in [0.2, 0.25) is 0 Å². The number of hydrogen-bond acceptors (Lipinski definition) is 2. The molecule has 4 nitrogen and oxygen atoms in total. The van der Waals surface area contributed by atoms with E-state index in [-0.39, 0.29) is 11.8 Å². The number of benzene rings is 1. The summed E-state index contributed by atoms with van der Waals surface area (Å²) in [5.41, 5.74) is 3.85. The average Bonchev–Trinajstić information content (AvgIpc) is 2.87. The van der Waals surface area contributed by atoms with Crippen LogP contribution >= 0.6 is 0 Å². The molecule has 3 aromatic rings. The average molecular weight is 307 g/mol. The zero-order chi connectivity index (χ0) is 16.4. The van der Waals surface area contributed by atoms with Crippen molar-refractivity contribution in [1.82, 2.24) is 14.9 Å². The molecule has 0 aliphatic heterocycles. The van der Waals surface area contributed by atoms with Crippen LogP contribution in [0.25, 0.3) is 11.0 Å². The van der Waals surface area contributed by atoms with Gasteiger partial charge in [-0.3, -0.25) is 4.79 Å². The molecular weight excluding hydrogens is 286 g/mol. The summed E-state index contributed by atoms with van der Waals surface area (Å²) in [5.74, 6) is 0.194. The molecule has 0 aliphatic carbocycles. The fourth-order valence-electron chi connectivity index (χ4n) is 2.72. The molecule has 1 N–H and O–H groups in total. The molecule has 1 amide bonds. The van der Waals surface area contributed by atoms with Gasteiger partial charge in [0.25, 0.3) is 5.91 Å². The summed E-state index contributed by atoms with van der Waals surface area (Å²) in [6, 6.07) is 14.1. The fourth-order valence-corrected chi connectivity index (χ4v) is 2.72. The van der Waals surface area contributed by atoms with Crippen molar-refractivity contribution in [3.05, 3.63) is 65.5 Å². The highest BCUT2D eigenvalue weighted by atomic mass is 16.1. The van der Waals surface area contributed by atoms with E-state index in [9.17, 15) is 4.79 Å². The smallest absolute Gasteiger partial charge is 0.252 e. The second kappa shape index (κ2) is 6.24. The molecule has 2 heterocycles. The molecule has 1 unspecified atom stereocenters. The third-order valence-corrected chi connectivity index (χ3v) is 4.31. The van der Waals surface area contributed by atoms with Gasteiger partial charge in [0.15, 0.2) is 0 Å². The molecule has 23 heavy (non-hydrogen) atoms. The van der Waals surface area contributed by atoms with Gasteiger partial charge < -0.3 is 9.88 Å². The van der Waals surface area contributed by atoms with Crippen LogP contribution in [-0.4, -0.2) is 22.0 Å². The fraction of sp³-hybridized carbons (Fsp3) is 0.263. The number of pyridine rings is 1. The monoisotopic (exact) mass is 307 g/mol. The van der Waals surface area contributed by atoms with Crippen LogP contribution in [0.2, 0.25) is 0 Å². The van der Waals surface area contributed by atoms with Crippen molar-refractivity contribution in [3.8, 4) is 0 Å². The summed E-state index contributed by atoms with van der Waals surface area (Å²) in [6.45, 7) is 4.75. The van der Waals surface area contributed by atoms with E-state index >= 15 is 0 Å². The van der Waals surface area contributed by atoms with Gasteiger partial charge in [0.05, 0.1) is 5.56 Å². The SMILES string of the molecule is Cc1cc2cc(C(=O)NCC(C)c3ccccc3)cnc2n1C. The molecule has 0 fully saturated rings. The predicted octanol–water partition coefficient (Wildman–Crippen LogP) is 3.42. The maximum atomic E-state index is 12.4. The van der Waals surface area contributed by atoms with Crippen LogP contribution in [0, 0.1) is 6.92 Å². The second-order valence-electron chi connectivity index (χ2n) is 6.00. The molecule has 118 valence electrons. The standard InChI is InChI=1S/C19H21N3O/c1-13(15-7-5-4-6-8-15)11-21-19(23)17-10-16-9-14(2)22(3)18(16)20-12-17/h4-10,12-13H,11H2,1-3H3,(H,21,23). The molecule has 4 heteroatoms. The van der Waals surface area contributed by atoms with Crippen LogP contribution in [0.15, 0.2) is 48.7 Å². The number of aryl methyl sites for hydroxylation is 2. The summed E-state index contributed by atoms with van der Waals surface area (Å²) < 4.78 is 2.02. The van der Waals surface area contributed by atoms with Gasteiger partial charge in [-0.1, -0.05) is 37.3 Å². The Bertz CT molecular complexity index is 836. The first kappa shape index (κ1) is 15.3. The van der Waals surface area contributed by atoms with Gasteiger partial charge in [0, 0.05) is 30.9 Å². The van der Waals surface area contributed by atoms with Crippen LogP contribution < -0.4 is 5.32 Å². The maximum Gasteiger partial charge on any atom is 0.252 e. The number of nitrogens with zero attached hydrogens (tertiary/aromatic N) is 2. The molecule has 0 radical (unpaired) electrons. The Labute approximate surface area is 136 Å². The molecule has 0 spiro atoms. The lowest BCUT2D eigenvalue weighted by Crippen LogP contribution is -2.27. The zero-order valence-electron chi connectivity index (χ0n) is 13.7. The molecule has 2 aromatic heterocycles. The number of carbonyl (C=O) groups excluding carboxylic acids is 1. The normalized spacial score (nSPS) is 12.3. The minimum absolute atomic E-state index is 0.0799. The first-order valence-corrected chi connectivity index (χ1v) is 7.81. The number of hydrogen-bond donors (Lipinski definition) is 1. The highest BCUT2D eigenvalue weighted by Gasteiger charge is 2.12. The highest BCUT2D eigenvalue weighted by molar-refractivity contribution is 5.97. The highest BCUT2D eigenvalue weighted by Crippen LogP contribution is 2.18. The van der Waals surface area contributed by atoms with Crippen molar-refractivity contribution in [2.75, 3.05) is 6.54 Å². The van der Waals surface area contributed by atoms with E-state index in [0.29, 0.717) is 12.1 Å². The minimum Gasteiger partial charge on any atom is -0.351 e. The lowest BCUT2D eigenvalue weighted by Gasteiger charge is -2.13. The van der Waals surface area contributed by atoms with E-state index < -0.39 is 0 Å². The third-order valence-electron chi connectivity index (χ3n) is 4.31. The van der Waals surface area contributed by atoms with E-state index in [0.717, 1.165) is 16.7 Å². The number of rotatable bonds is 4. The second-order valence-corrected chi connectivity index (χ2v) is 6.00. The summed E-state index contributed by atoms with van der Waals surface area (Å²) >= 11 is 0. The van der Waals surface area contributed by atoms with E-state index in [1.807, 2.05) is 48.9 Å². The van der Waals surface area contributed by atoms with E-state index in [2.05, 4.69) is 29.4 Å². The summed E-state index contributed by atoms with van der Waals surface area (Å²) in [5, 5.41) is 3.99. The molecular formula is C19H21N3O. The lowest BCUT2D eigenvalue weighted by atomic mass is 10.0. The first-order valence-electron chi connectivity index (χ1n) is 7.81. The molecule has 3 rings (SSSR count). The molecule has 0 aliphatic rings. The molecule has 0 bridgehead atoms. The van der Waals surface area contributed by atoms with Gasteiger partial charge in [-0.15, -0.1) is 0 Å². The lowest BCUT2D eigenvalue weighted by molar-refractivity contribution is 0.0951. The third kappa shape index (κ3) is 3.11. The molecule has 1 aromatic carbocycles. The summed E-state index contributed by atoms with van der Waals surface area (Å²) in [7, 11) is 1.98. The van der Waals surface area contributed by atoms with Crippen molar-refractivity contribution < 1.29 is 4.79 Å². The van der Waals surface area contributed by atoms with Gasteiger partial charge in [0.1, 0.15) is 5.65 Å². The molecule has 1 atom stereocenters. The topological polar surface area (TPSA) is 46.9 Å². The van der Waals surface area contributed by atoms with Crippen molar-refractivity contribution >= 4 is 16.9 Å². The summed E-state index contributed by atoms with van der Waals surface area (Å²) in [4.78, 5) is 16.8. The number of amides is 1. The largest absolute Gasteiger partial charge is 0.351 e. The van der Waals surface area contributed by atoms with Gasteiger partial charge >= 0.3 is 0 Å². The Balaban J connectivity index is 1.71. The van der Waals surface area contributed by atoms with E-state index in [1.54, 1.807) is 6.20 Å². The molecule has 0 saturated carbocycles.